The van der Waals surface area contributed by atoms with Gasteiger partial charge in [-0.2, -0.15) is 0 Å². The van der Waals surface area contributed by atoms with Gasteiger partial charge in [-0.25, -0.2) is 4.79 Å². The molecule has 0 radical (unpaired) electrons. The van der Waals surface area contributed by atoms with E-state index in [0.717, 1.165) is 10.5 Å². The lowest BCUT2D eigenvalue weighted by Gasteiger charge is -2.28. The highest BCUT2D eigenvalue weighted by atomic mass is 35.5. The zero-order chi connectivity index (χ0) is 23.4. The van der Waals surface area contributed by atoms with Crippen LogP contribution in [0, 0.1) is 0 Å². The second kappa shape index (κ2) is 9.65. The average molecular weight is 482 g/mol. The largest absolute Gasteiger partial charge is 0.354 e. The Hall–Kier alpha value is -3.35. The molecule has 6 nitrogen and oxygen atoms in total. The lowest BCUT2D eigenvalue weighted by atomic mass is 9.82. The third-order valence-electron chi connectivity index (χ3n) is 5.55. The number of amides is 4. The Bertz CT molecular complexity index is 1150. The van der Waals surface area contributed by atoms with Crippen molar-refractivity contribution in [3.8, 4) is 0 Å². The summed E-state index contributed by atoms with van der Waals surface area (Å²) in [5.74, 6) is -0.943. The van der Waals surface area contributed by atoms with Gasteiger partial charge in [-0.05, 0) is 35.2 Å². The number of halogens is 2. The summed E-state index contributed by atoms with van der Waals surface area (Å²) in [6.07, 6.45) is 0.486. The molecular weight excluding hydrogens is 461 g/mol. The standard InChI is InChI=1S/C25H21Cl2N3O3/c26-20-12-11-17(21(27)15-20)13-14-28-22(31)16-30-23(32)25(29-24(30)33,18-7-3-1-4-8-18)19-9-5-2-6-10-19/h1-12,15H,13-14,16H2,(H,28,31)(H,29,33). The number of imide groups is 1. The van der Waals surface area contributed by atoms with Gasteiger partial charge in [0.15, 0.2) is 5.54 Å². The number of urea groups is 1. The van der Waals surface area contributed by atoms with E-state index in [2.05, 4.69) is 10.6 Å². The van der Waals surface area contributed by atoms with E-state index < -0.39 is 23.4 Å². The first-order valence-electron chi connectivity index (χ1n) is 10.4. The maximum Gasteiger partial charge on any atom is 0.326 e. The molecule has 1 aliphatic heterocycles. The minimum absolute atomic E-state index is 0.298. The normalized spacial score (nSPS) is 14.8. The van der Waals surface area contributed by atoms with Crippen molar-refractivity contribution in [1.29, 1.82) is 0 Å². The Morgan fingerprint density at radius 3 is 2.09 bits per heavy atom. The maximum absolute atomic E-state index is 13.6. The van der Waals surface area contributed by atoms with E-state index in [1.807, 2.05) is 12.1 Å². The highest BCUT2D eigenvalue weighted by molar-refractivity contribution is 6.35. The Labute approximate surface area is 201 Å². The molecule has 1 fully saturated rings. The summed E-state index contributed by atoms with van der Waals surface area (Å²) >= 11 is 12.1. The van der Waals surface area contributed by atoms with Gasteiger partial charge in [0.05, 0.1) is 0 Å². The van der Waals surface area contributed by atoms with Gasteiger partial charge in [0.1, 0.15) is 6.54 Å². The fourth-order valence-electron chi connectivity index (χ4n) is 3.91. The summed E-state index contributed by atoms with van der Waals surface area (Å²) in [6.45, 7) is -0.0905. The van der Waals surface area contributed by atoms with Crippen LogP contribution in [0.2, 0.25) is 10.0 Å². The third kappa shape index (κ3) is 4.58. The van der Waals surface area contributed by atoms with Crippen LogP contribution in [0.1, 0.15) is 16.7 Å². The van der Waals surface area contributed by atoms with Crippen LogP contribution in [-0.4, -0.2) is 35.8 Å². The number of benzene rings is 3. The summed E-state index contributed by atoms with van der Waals surface area (Å²) in [7, 11) is 0. The van der Waals surface area contributed by atoms with Crippen LogP contribution < -0.4 is 10.6 Å². The van der Waals surface area contributed by atoms with Gasteiger partial charge in [0.25, 0.3) is 5.91 Å². The van der Waals surface area contributed by atoms with E-state index in [1.54, 1.807) is 66.7 Å². The minimum Gasteiger partial charge on any atom is -0.354 e. The molecule has 8 heteroatoms. The summed E-state index contributed by atoms with van der Waals surface area (Å²) < 4.78 is 0. The van der Waals surface area contributed by atoms with E-state index in [-0.39, 0.29) is 6.54 Å². The van der Waals surface area contributed by atoms with Crippen molar-refractivity contribution in [3.63, 3.8) is 0 Å². The van der Waals surface area contributed by atoms with Crippen LogP contribution in [0.25, 0.3) is 0 Å². The number of nitrogens with one attached hydrogen (secondary N) is 2. The van der Waals surface area contributed by atoms with Crippen molar-refractivity contribution in [1.82, 2.24) is 15.5 Å². The van der Waals surface area contributed by atoms with Gasteiger partial charge in [-0.15, -0.1) is 0 Å². The average Bonchev–Trinajstić information content (AvgIpc) is 3.07. The van der Waals surface area contributed by atoms with Gasteiger partial charge in [-0.3, -0.25) is 14.5 Å². The lowest BCUT2D eigenvalue weighted by Crippen LogP contribution is -2.46. The molecule has 1 aliphatic rings. The zero-order valence-corrected chi connectivity index (χ0v) is 19.1. The predicted molar refractivity (Wildman–Crippen MR) is 127 cm³/mol. The van der Waals surface area contributed by atoms with E-state index in [4.69, 9.17) is 23.2 Å². The van der Waals surface area contributed by atoms with Crippen molar-refractivity contribution < 1.29 is 14.4 Å². The molecule has 1 saturated heterocycles. The molecule has 0 aromatic heterocycles. The van der Waals surface area contributed by atoms with Crippen LogP contribution in [0.3, 0.4) is 0 Å². The molecule has 4 amide bonds. The van der Waals surface area contributed by atoms with Crippen LogP contribution in [0.4, 0.5) is 4.79 Å². The summed E-state index contributed by atoms with van der Waals surface area (Å²) in [4.78, 5) is 39.9. The highest BCUT2D eigenvalue weighted by Gasteiger charge is 2.53. The lowest BCUT2D eigenvalue weighted by molar-refractivity contribution is -0.134. The first-order valence-corrected chi connectivity index (χ1v) is 11.1. The molecule has 2 N–H and O–H groups in total. The van der Waals surface area contributed by atoms with Crippen molar-refractivity contribution >= 4 is 41.0 Å². The molecule has 0 aliphatic carbocycles. The van der Waals surface area contributed by atoms with E-state index in [1.165, 1.54) is 0 Å². The Kier molecular flexibility index (Phi) is 6.67. The molecule has 0 atom stereocenters. The summed E-state index contributed by atoms with van der Waals surface area (Å²) in [6, 6.07) is 22.5. The van der Waals surface area contributed by atoms with Gasteiger partial charge >= 0.3 is 6.03 Å². The van der Waals surface area contributed by atoms with Gasteiger partial charge < -0.3 is 10.6 Å². The van der Waals surface area contributed by atoms with E-state index in [9.17, 15) is 14.4 Å². The quantitative estimate of drug-likeness (QED) is 0.497. The fraction of sp³-hybridized carbons (Fsp3) is 0.160. The van der Waals surface area contributed by atoms with E-state index >= 15 is 0 Å². The third-order valence-corrected chi connectivity index (χ3v) is 6.14. The molecular formula is C25H21Cl2N3O3. The number of nitrogens with zero attached hydrogens (tertiary/aromatic N) is 1. The molecule has 0 saturated carbocycles. The predicted octanol–water partition coefficient (Wildman–Crippen LogP) is 4.15. The highest BCUT2D eigenvalue weighted by Crippen LogP contribution is 2.35. The monoisotopic (exact) mass is 481 g/mol. The molecule has 1 heterocycles. The number of carbonyl (C=O) groups excluding carboxylic acids is 3. The fourth-order valence-corrected chi connectivity index (χ4v) is 4.42. The van der Waals surface area contributed by atoms with Crippen LogP contribution in [-0.2, 0) is 21.5 Å². The van der Waals surface area contributed by atoms with E-state index in [0.29, 0.717) is 34.1 Å². The number of hydrogen-bond acceptors (Lipinski definition) is 3. The minimum atomic E-state index is -1.39. The van der Waals surface area contributed by atoms with Crippen molar-refractivity contribution in [2.24, 2.45) is 0 Å². The molecule has 0 spiro atoms. The summed E-state index contributed by atoms with van der Waals surface area (Å²) in [5, 5.41) is 6.62. The molecule has 0 unspecified atom stereocenters. The van der Waals surface area contributed by atoms with Crippen molar-refractivity contribution in [3.05, 3.63) is 106 Å². The first-order chi connectivity index (χ1) is 15.9. The summed E-state index contributed by atoms with van der Waals surface area (Å²) in [5.41, 5.74) is 0.685. The molecule has 4 rings (SSSR count). The second-order valence-electron chi connectivity index (χ2n) is 7.64. The van der Waals surface area contributed by atoms with Crippen LogP contribution in [0.5, 0.6) is 0 Å². The Morgan fingerprint density at radius 1 is 0.909 bits per heavy atom. The topological polar surface area (TPSA) is 78.5 Å². The smallest absolute Gasteiger partial charge is 0.326 e. The maximum atomic E-state index is 13.6. The zero-order valence-electron chi connectivity index (χ0n) is 17.6. The number of rotatable bonds is 7. The molecule has 3 aromatic carbocycles. The van der Waals surface area contributed by atoms with Crippen molar-refractivity contribution in [2.45, 2.75) is 12.0 Å². The Morgan fingerprint density at radius 2 is 1.52 bits per heavy atom. The van der Waals surface area contributed by atoms with Gasteiger partial charge in [-0.1, -0.05) is 89.9 Å². The molecule has 3 aromatic rings. The SMILES string of the molecule is O=C(CN1C(=O)NC(c2ccccc2)(c2ccccc2)C1=O)NCCc1ccc(Cl)cc1Cl. The van der Waals surface area contributed by atoms with Crippen molar-refractivity contribution in [2.75, 3.05) is 13.1 Å². The first kappa shape index (κ1) is 22.8. The van der Waals surface area contributed by atoms with Crippen LogP contribution >= 0.6 is 23.2 Å². The second-order valence-corrected chi connectivity index (χ2v) is 8.48. The Balaban J connectivity index is 1.49. The van der Waals surface area contributed by atoms with Gasteiger partial charge in [0.2, 0.25) is 5.91 Å². The molecule has 168 valence electrons. The molecule has 0 bridgehead atoms. The molecule has 33 heavy (non-hydrogen) atoms. The number of hydrogen-bond donors (Lipinski definition) is 2. The number of carbonyl (C=O) groups is 3. The van der Waals surface area contributed by atoms with Crippen LogP contribution in [0.15, 0.2) is 78.9 Å². The van der Waals surface area contributed by atoms with Gasteiger partial charge in [0, 0.05) is 16.6 Å².